The van der Waals surface area contributed by atoms with Crippen molar-refractivity contribution in [3.05, 3.63) is 29.3 Å². The summed E-state index contributed by atoms with van der Waals surface area (Å²) in [5.41, 5.74) is 1.07. The van der Waals surface area contributed by atoms with E-state index in [4.69, 9.17) is 4.74 Å². The molecular formula is C13H16O3S. The number of aromatic hydroxyl groups is 1. The van der Waals surface area contributed by atoms with Gasteiger partial charge >= 0.3 is 0 Å². The summed E-state index contributed by atoms with van der Waals surface area (Å²) in [7, 11) is 0. The minimum Gasteiger partial charge on any atom is -0.504 e. The van der Waals surface area contributed by atoms with Gasteiger partial charge < -0.3 is 9.84 Å². The molecule has 4 heteroatoms. The van der Waals surface area contributed by atoms with E-state index >= 15 is 0 Å². The number of rotatable bonds is 6. The molecule has 0 bridgehead atoms. The molecule has 0 aliphatic heterocycles. The highest BCUT2D eigenvalue weighted by Gasteiger charge is 2.08. The van der Waals surface area contributed by atoms with E-state index in [0.29, 0.717) is 23.5 Å². The van der Waals surface area contributed by atoms with Gasteiger partial charge in [-0.2, -0.15) is 12.6 Å². The molecule has 1 aromatic rings. The van der Waals surface area contributed by atoms with Crippen molar-refractivity contribution in [3.8, 4) is 11.5 Å². The van der Waals surface area contributed by atoms with Crippen molar-refractivity contribution in [1.82, 2.24) is 0 Å². The van der Waals surface area contributed by atoms with Gasteiger partial charge in [0.1, 0.15) is 6.29 Å². The van der Waals surface area contributed by atoms with E-state index in [-0.39, 0.29) is 5.75 Å². The predicted molar refractivity (Wildman–Crippen MR) is 72.2 cm³/mol. The number of phenolic OH excluding ortho intramolecular Hbond substituents is 1. The van der Waals surface area contributed by atoms with Crippen molar-refractivity contribution in [1.29, 1.82) is 0 Å². The third-order valence-electron chi connectivity index (χ3n) is 2.16. The summed E-state index contributed by atoms with van der Waals surface area (Å²) in [5.74, 6) is 1.14. The van der Waals surface area contributed by atoms with Gasteiger partial charge in [-0.25, -0.2) is 0 Å². The van der Waals surface area contributed by atoms with Crippen LogP contribution >= 0.6 is 12.6 Å². The minimum atomic E-state index is 0.0628. The molecule has 0 radical (unpaired) electrons. The average Bonchev–Trinajstić information content (AvgIpc) is 2.34. The van der Waals surface area contributed by atoms with Crippen LogP contribution in [0.5, 0.6) is 11.5 Å². The van der Waals surface area contributed by atoms with Crippen LogP contribution in [0.2, 0.25) is 0 Å². The Balaban J connectivity index is 3.09. The Hall–Kier alpha value is -1.42. The second-order valence-corrected chi connectivity index (χ2v) is 3.87. The number of thiol groups is 1. The molecule has 0 amide bonds. The van der Waals surface area contributed by atoms with Gasteiger partial charge in [0.25, 0.3) is 0 Å². The predicted octanol–water partition coefficient (Wildman–Crippen LogP) is 2.94. The van der Waals surface area contributed by atoms with Crippen LogP contribution in [0, 0.1) is 0 Å². The summed E-state index contributed by atoms with van der Waals surface area (Å²) in [4.78, 5) is 10.8. The molecule has 0 unspecified atom stereocenters. The van der Waals surface area contributed by atoms with Gasteiger partial charge in [-0.05, 0) is 31.2 Å². The fourth-order valence-electron chi connectivity index (χ4n) is 1.40. The molecule has 3 nitrogen and oxygen atoms in total. The Kier molecular flexibility index (Phi) is 5.63. The molecule has 0 spiro atoms. The van der Waals surface area contributed by atoms with Crippen molar-refractivity contribution in [2.45, 2.75) is 13.3 Å². The second-order valence-electron chi connectivity index (χ2n) is 3.42. The van der Waals surface area contributed by atoms with Gasteiger partial charge in [0.2, 0.25) is 0 Å². The van der Waals surface area contributed by atoms with Gasteiger partial charge in [0.05, 0.1) is 6.61 Å². The first-order valence-electron chi connectivity index (χ1n) is 5.45. The SMILES string of the molecule is CCOc1cc(C=O)cc(C=CCCS)c1O. The molecule has 0 atom stereocenters. The summed E-state index contributed by atoms with van der Waals surface area (Å²) >= 11 is 4.09. The van der Waals surface area contributed by atoms with Crippen LogP contribution in [0.15, 0.2) is 18.2 Å². The van der Waals surface area contributed by atoms with Crippen molar-refractivity contribution in [2.75, 3.05) is 12.4 Å². The van der Waals surface area contributed by atoms with Gasteiger partial charge in [-0.15, -0.1) is 0 Å². The van der Waals surface area contributed by atoms with E-state index in [0.717, 1.165) is 18.5 Å². The molecule has 0 heterocycles. The smallest absolute Gasteiger partial charge is 0.165 e. The molecule has 17 heavy (non-hydrogen) atoms. The van der Waals surface area contributed by atoms with E-state index in [9.17, 15) is 9.90 Å². The molecule has 0 saturated carbocycles. The first-order chi connectivity index (χ1) is 8.22. The number of hydrogen-bond acceptors (Lipinski definition) is 4. The van der Waals surface area contributed by atoms with Crippen LogP contribution in [-0.4, -0.2) is 23.8 Å². The number of phenols is 1. The zero-order valence-corrected chi connectivity index (χ0v) is 10.6. The lowest BCUT2D eigenvalue weighted by atomic mass is 10.1. The Labute approximate surface area is 107 Å². The maximum absolute atomic E-state index is 10.8. The van der Waals surface area contributed by atoms with Crippen LogP contribution in [0.4, 0.5) is 0 Å². The first kappa shape index (κ1) is 13.6. The molecule has 0 fully saturated rings. The summed E-state index contributed by atoms with van der Waals surface area (Å²) in [6, 6.07) is 3.15. The number of ether oxygens (including phenoxy) is 1. The zero-order valence-electron chi connectivity index (χ0n) is 9.72. The van der Waals surface area contributed by atoms with Gasteiger partial charge in [-0.1, -0.05) is 12.2 Å². The quantitative estimate of drug-likeness (QED) is 0.604. The summed E-state index contributed by atoms with van der Waals surface area (Å²) in [6.45, 7) is 2.26. The number of aldehydes is 1. The number of allylic oxidation sites excluding steroid dienone is 1. The normalized spacial score (nSPS) is 10.7. The number of benzene rings is 1. The zero-order chi connectivity index (χ0) is 12.7. The summed E-state index contributed by atoms with van der Waals surface area (Å²) in [5, 5.41) is 9.93. The topological polar surface area (TPSA) is 46.5 Å². The summed E-state index contributed by atoms with van der Waals surface area (Å²) < 4.78 is 5.27. The maximum Gasteiger partial charge on any atom is 0.165 e. The van der Waals surface area contributed by atoms with Crippen LogP contribution in [0.25, 0.3) is 6.08 Å². The molecule has 0 saturated heterocycles. The number of hydrogen-bond donors (Lipinski definition) is 2. The summed E-state index contributed by atoms with van der Waals surface area (Å²) in [6.07, 6.45) is 5.20. The largest absolute Gasteiger partial charge is 0.504 e. The highest BCUT2D eigenvalue weighted by atomic mass is 32.1. The van der Waals surface area contributed by atoms with Crippen LogP contribution < -0.4 is 4.74 Å². The van der Waals surface area contributed by atoms with Crippen molar-refractivity contribution >= 4 is 25.0 Å². The molecule has 0 aromatic heterocycles. The molecular weight excluding hydrogens is 236 g/mol. The average molecular weight is 252 g/mol. The third kappa shape index (κ3) is 3.82. The maximum atomic E-state index is 10.8. The van der Waals surface area contributed by atoms with E-state index < -0.39 is 0 Å². The highest BCUT2D eigenvalue weighted by Crippen LogP contribution is 2.32. The minimum absolute atomic E-state index is 0.0628. The van der Waals surface area contributed by atoms with Crippen LogP contribution in [0.3, 0.4) is 0 Å². The fraction of sp³-hybridized carbons (Fsp3) is 0.308. The van der Waals surface area contributed by atoms with E-state index in [1.165, 1.54) is 6.07 Å². The molecule has 1 N–H and O–H groups in total. The lowest BCUT2D eigenvalue weighted by molar-refractivity contribution is 0.112. The van der Waals surface area contributed by atoms with Crippen LogP contribution in [-0.2, 0) is 0 Å². The fourth-order valence-corrected chi connectivity index (χ4v) is 1.55. The lowest BCUT2D eigenvalue weighted by Crippen LogP contribution is -1.94. The molecule has 92 valence electrons. The molecule has 0 aliphatic rings. The van der Waals surface area contributed by atoms with Gasteiger partial charge in [0.15, 0.2) is 11.5 Å². The number of carbonyl (C=O) groups is 1. The monoisotopic (exact) mass is 252 g/mol. The Morgan fingerprint density at radius 2 is 2.24 bits per heavy atom. The molecule has 1 aromatic carbocycles. The lowest BCUT2D eigenvalue weighted by Gasteiger charge is -2.09. The third-order valence-corrected chi connectivity index (χ3v) is 2.41. The molecule has 0 aliphatic carbocycles. The van der Waals surface area contributed by atoms with Crippen molar-refractivity contribution in [2.24, 2.45) is 0 Å². The second kappa shape index (κ2) is 7.01. The standard InChI is InChI=1S/C13H16O3S/c1-2-16-12-8-10(9-14)7-11(13(12)15)5-3-4-6-17/h3,5,7-9,15,17H,2,4,6H2,1H3. The van der Waals surface area contributed by atoms with E-state index in [1.54, 1.807) is 12.1 Å². The van der Waals surface area contributed by atoms with Crippen molar-refractivity contribution in [3.63, 3.8) is 0 Å². The Bertz CT molecular complexity index is 413. The number of carbonyl (C=O) groups excluding carboxylic acids is 1. The van der Waals surface area contributed by atoms with E-state index in [1.807, 2.05) is 13.0 Å². The highest BCUT2D eigenvalue weighted by molar-refractivity contribution is 7.80. The van der Waals surface area contributed by atoms with Crippen LogP contribution in [0.1, 0.15) is 29.3 Å². The molecule has 1 rings (SSSR count). The van der Waals surface area contributed by atoms with Gasteiger partial charge in [-0.3, -0.25) is 4.79 Å². The Morgan fingerprint density at radius 3 is 2.82 bits per heavy atom. The first-order valence-corrected chi connectivity index (χ1v) is 6.08. The van der Waals surface area contributed by atoms with E-state index in [2.05, 4.69) is 12.6 Å². The Morgan fingerprint density at radius 1 is 1.47 bits per heavy atom. The van der Waals surface area contributed by atoms with Crippen molar-refractivity contribution < 1.29 is 14.6 Å². The van der Waals surface area contributed by atoms with Gasteiger partial charge in [0, 0.05) is 11.1 Å².